The highest BCUT2D eigenvalue weighted by atomic mass is 32.2. The fraction of sp³-hybridized carbons (Fsp3) is 0.462. The molecule has 35 heavy (non-hydrogen) atoms. The van der Waals surface area contributed by atoms with Crippen molar-refractivity contribution in [1.29, 1.82) is 0 Å². The number of amides is 1. The van der Waals surface area contributed by atoms with E-state index in [1.54, 1.807) is 16.4 Å². The molecule has 0 saturated carbocycles. The summed E-state index contributed by atoms with van der Waals surface area (Å²) in [7, 11) is -3.59. The Hall–Kier alpha value is -2.49. The lowest BCUT2D eigenvalue weighted by Gasteiger charge is -2.34. The van der Waals surface area contributed by atoms with Crippen LogP contribution in [0.4, 0.5) is 0 Å². The molecule has 0 bridgehead atoms. The standard InChI is InChI=1S/C26H33N3O4S2/c1-5-13-29-23-12-9-21(33-6-2)15-24(23)34-26(29)27-25(30)20-7-10-22(11-8-20)35(31,32)28-16-18(3)14-19(4)17-28/h7-12,15,18-19H,5-6,13-14,16-17H2,1-4H3. The van der Waals surface area contributed by atoms with Crippen LogP contribution in [0, 0.1) is 11.8 Å². The Morgan fingerprint density at radius 1 is 1.09 bits per heavy atom. The second kappa shape index (κ2) is 10.6. The fourth-order valence-electron chi connectivity index (χ4n) is 4.71. The van der Waals surface area contributed by atoms with Crippen molar-refractivity contribution in [3.8, 4) is 5.75 Å². The summed E-state index contributed by atoms with van der Waals surface area (Å²) in [4.78, 5) is 18.2. The van der Waals surface area contributed by atoms with Gasteiger partial charge in [0.05, 0.1) is 21.7 Å². The normalized spacial score (nSPS) is 19.8. The van der Waals surface area contributed by atoms with Crippen LogP contribution < -0.4 is 9.54 Å². The zero-order valence-electron chi connectivity index (χ0n) is 20.7. The van der Waals surface area contributed by atoms with Crippen LogP contribution in [-0.4, -0.2) is 42.9 Å². The molecule has 2 heterocycles. The Balaban J connectivity index is 1.62. The molecular formula is C26H33N3O4S2. The van der Waals surface area contributed by atoms with Crippen molar-refractivity contribution in [2.75, 3.05) is 19.7 Å². The van der Waals surface area contributed by atoms with Crippen LogP contribution in [0.1, 0.15) is 50.9 Å². The summed E-state index contributed by atoms with van der Waals surface area (Å²) in [5.74, 6) is 1.05. The SMILES string of the molecule is CCCn1c(=NC(=O)c2ccc(S(=O)(=O)N3CC(C)CC(C)C3)cc2)sc2cc(OCC)ccc21. The predicted molar refractivity (Wildman–Crippen MR) is 139 cm³/mol. The first-order chi connectivity index (χ1) is 16.7. The van der Waals surface area contributed by atoms with Crippen LogP contribution in [0.2, 0.25) is 0 Å². The molecule has 2 unspecified atom stereocenters. The quantitative estimate of drug-likeness (QED) is 0.447. The molecule has 1 aliphatic rings. The third kappa shape index (κ3) is 5.52. The molecule has 1 aromatic heterocycles. The van der Waals surface area contributed by atoms with E-state index in [0.717, 1.165) is 35.4 Å². The van der Waals surface area contributed by atoms with Crippen molar-refractivity contribution >= 4 is 37.5 Å². The van der Waals surface area contributed by atoms with Crippen molar-refractivity contribution in [3.63, 3.8) is 0 Å². The highest BCUT2D eigenvalue weighted by Gasteiger charge is 2.31. The average molecular weight is 516 g/mol. The number of carbonyl (C=O) groups excluding carboxylic acids is 1. The summed E-state index contributed by atoms with van der Waals surface area (Å²) >= 11 is 1.45. The van der Waals surface area contributed by atoms with E-state index in [-0.39, 0.29) is 4.90 Å². The number of nitrogens with zero attached hydrogens (tertiary/aromatic N) is 3. The molecule has 0 N–H and O–H groups in total. The Kier molecular flexibility index (Phi) is 7.78. The van der Waals surface area contributed by atoms with Gasteiger partial charge in [0.1, 0.15) is 5.75 Å². The van der Waals surface area contributed by atoms with Crippen LogP contribution in [0.25, 0.3) is 10.2 Å². The third-order valence-electron chi connectivity index (χ3n) is 6.18. The van der Waals surface area contributed by atoms with Gasteiger partial charge in [-0.3, -0.25) is 4.79 Å². The highest BCUT2D eigenvalue weighted by molar-refractivity contribution is 7.89. The van der Waals surface area contributed by atoms with Gasteiger partial charge in [-0.25, -0.2) is 8.42 Å². The van der Waals surface area contributed by atoms with E-state index in [1.165, 1.54) is 23.5 Å². The van der Waals surface area contributed by atoms with Crippen molar-refractivity contribution in [2.45, 2.75) is 52.0 Å². The molecule has 2 aromatic carbocycles. The Morgan fingerprint density at radius 2 is 1.77 bits per heavy atom. The van der Waals surface area contributed by atoms with Crippen molar-refractivity contribution in [3.05, 3.63) is 52.8 Å². The first-order valence-electron chi connectivity index (χ1n) is 12.2. The van der Waals surface area contributed by atoms with Gasteiger partial charge < -0.3 is 9.30 Å². The van der Waals surface area contributed by atoms with Crippen molar-refractivity contribution in [2.24, 2.45) is 16.8 Å². The largest absolute Gasteiger partial charge is 0.494 e. The van der Waals surface area contributed by atoms with Crippen LogP contribution in [0.3, 0.4) is 0 Å². The second-order valence-corrected chi connectivity index (χ2v) is 12.3. The number of aromatic nitrogens is 1. The second-order valence-electron chi connectivity index (χ2n) is 9.31. The monoisotopic (exact) mass is 515 g/mol. The molecule has 1 saturated heterocycles. The summed E-state index contributed by atoms with van der Waals surface area (Å²) in [6, 6.07) is 12.0. The number of benzene rings is 2. The minimum absolute atomic E-state index is 0.210. The van der Waals surface area contributed by atoms with Gasteiger partial charge in [0, 0.05) is 25.2 Å². The minimum atomic E-state index is -3.59. The number of hydrogen-bond acceptors (Lipinski definition) is 5. The molecule has 9 heteroatoms. The minimum Gasteiger partial charge on any atom is -0.494 e. The van der Waals surface area contributed by atoms with Gasteiger partial charge >= 0.3 is 0 Å². The number of thiazole rings is 1. The molecule has 2 atom stereocenters. The number of fused-ring (bicyclic) bond motifs is 1. The molecule has 3 aromatic rings. The van der Waals surface area contributed by atoms with Gasteiger partial charge in [-0.1, -0.05) is 32.1 Å². The molecule has 7 nitrogen and oxygen atoms in total. The van der Waals surface area contributed by atoms with E-state index in [0.29, 0.717) is 41.9 Å². The van der Waals surface area contributed by atoms with Gasteiger partial charge in [0.25, 0.3) is 5.91 Å². The van der Waals surface area contributed by atoms with E-state index < -0.39 is 15.9 Å². The highest BCUT2D eigenvalue weighted by Crippen LogP contribution is 2.27. The zero-order chi connectivity index (χ0) is 25.2. The fourth-order valence-corrected chi connectivity index (χ4v) is 7.47. The van der Waals surface area contributed by atoms with E-state index >= 15 is 0 Å². The lowest BCUT2D eigenvalue weighted by molar-refractivity contribution is 0.0997. The molecule has 1 fully saturated rings. The molecule has 1 aliphatic heterocycles. The van der Waals surface area contributed by atoms with Crippen molar-refractivity contribution in [1.82, 2.24) is 8.87 Å². The number of hydrogen-bond donors (Lipinski definition) is 0. The molecule has 0 radical (unpaired) electrons. The number of piperidine rings is 1. The zero-order valence-corrected chi connectivity index (χ0v) is 22.4. The van der Waals surface area contributed by atoms with E-state index in [2.05, 4.69) is 25.8 Å². The first kappa shape index (κ1) is 25.6. The molecule has 1 amide bonds. The molecule has 0 aliphatic carbocycles. The van der Waals surface area contributed by atoms with E-state index in [1.807, 2.05) is 29.7 Å². The Bertz CT molecular complexity index is 1360. The van der Waals surface area contributed by atoms with Crippen molar-refractivity contribution < 1.29 is 17.9 Å². The Labute approximate surface area is 211 Å². The first-order valence-corrected chi connectivity index (χ1v) is 14.4. The molecule has 0 spiro atoms. The van der Waals surface area contributed by atoms with Gasteiger partial charge in [-0.2, -0.15) is 9.30 Å². The lowest BCUT2D eigenvalue weighted by Crippen LogP contribution is -2.42. The molecular weight excluding hydrogens is 482 g/mol. The maximum atomic E-state index is 13.1. The maximum absolute atomic E-state index is 13.1. The van der Waals surface area contributed by atoms with Gasteiger partial charge in [0.15, 0.2) is 4.80 Å². The average Bonchev–Trinajstić information content (AvgIpc) is 3.15. The van der Waals surface area contributed by atoms with Crippen LogP contribution >= 0.6 is 11.3 Å². The topological polar surface area (TPSA) is 81.0 Å². The maximum Gasteiger partial charge on any atom is 0.279 e. The number of sulfonamides is 1. The van der Waals surface area contributed by atoms with E-state index in [4.69, 9.17) is 4.74 Å². The van der Waals surface area contributed by atoms with Gasteiger partial charge in [-0.05, 0) is 74.1 Å². The summed E-state index contributed by atoms with van der Waals surface area (Å²) in [6.07, 6.45) is 1.93. The number of rotatable bonds is 7. The summed E-state index contributed by atoms with van der Waals surface area (Å²) in [6.45, 7) is 10.6. The summed E-state index contributed by atoms with van der Waals surface area (Å²) in [5, 5.41) is 0. The number of carbonyl (C=O) groups is 1. The summed E-state index contributed by atoms with van der Waals surface area (Å²) < 4.78 is 36.5. The Morgan fingerprint density at radius 3 is 2.40 bits per heavy atom. The third-order valence-corrected chi connectivity index (χ3v) is 9.07. The number of ether oxygens (including phenoxy) is 1. The summed E-state index contributed by atoms with van der Waals surface area (Å²) in [5.41, 5.74) is 1.37. The smallest absolute Gasteiger partial charge is 0.279 e. The van der Waals surface area contributed by atoms with Crippen LogP contribution in [-0.2, 0) is 16.6 Å². The predicted octanol–water partition coefficient (Wildman–Crippen LogP) is 4.92. The van der Waals surface area contributed by atoms with E-state index in [9.17, 15) is 13.2 Å². The molecule has 4 rings (SSSR count). The van der Waals surface area contributed by atoms with Gasteiger partial charge in [0.2, 0.25) is 10.0 Å². The van der Waals surface area contributed by atoms with Crippen LogP contribution in [0.15, 0.2) is 52.4 Å². The lowest BCUT2D eigenvalue weighted by atomic mass is 9.94. The molecule has 188 valence electrons. The van der Waals surface area contributed by atoms with Crippen LogP contribution in [0.5, 0.6) is 5.75 Å². The number of aryl methyl sites for hydroxylation is 1. The van der Waals surface area contributed by atoms with Gasteiger partial charge in [-0.15, -0.1) is 0 Å².